The van der Waals surface area contributed by atoms with Crippen molar-refractivity contribution >= 4 is 93.7 Å². The minimum atomic E-state index is -0.995. The third kappa shape index (κ3) is 24.1. The van der Waals surface area contributed by atoms with Gasteiger partial charge in [0.2, 0.25) is 24.3 Å². The average Bonchev–Trinajstić information content (AvgIpc) is 1.62. The second-order valence-electron chi connectivity index (χ2n) is 34.2. The summed E-state index contributed by atoms with van der Waals surface area (Å²) in [5.41, 5.74) is 22.1. The number of nitrogens with two attached hydrogens (primary N) is 2. The van der Waals surface area contributed by atoms with Crippen LogP contribution >= 0.6 is 0 Å². The zero-order valence-electron chi connectivity index (χ0n) is 72.4. The first-order valence-corrected chi connectivity index (χ1v) is 44.1. The third-order valence-corrected chi connectivity index (χ3v) is 25.2. The Labute approximate surface area is 724 Å². The molecule has 0 bridgehead atoms. The average molecular weight is 1690 g/mol. The van der Waals surface area contributed by atoms with Crippen LogP contribution in [0.4, 0.5) is 29.7 Å². The molecule has 658 valence electrons. The van der Waals surface area contributed by atoms with E-state index < -0.39 is 12.0 Å². The summed E-state index contributed by atoms with van der Waals surface area (Å²) >= 11 is 0. The van der Waals surface area contributed by atoms with Crippen molar-refractivity contribution in [2.24, 2.45) is 29.6 Å². The van der Waals surface area contributed by atoms with E-state index >= 15 is 0 Å². The lowest BCUT2D eigenvalue weighted by molar-refractivity contribution is -0.141. The fourth-order valence-electron chi connectivity index (χ4n) is 17.6. The Kier molecular flexibility index (Phi) is 31.9. The molecule has 1 saturated carbocycles. The number of piperazine rings is 2. The largest absolute Gasteiger partial charge is 0.424 e. The summed E-state index contributed by atoms with van der Waals surface area (Å²) in [6.45, 7) is 16.9. The first-order valence-electron chi connectivity index (χ1n) is 44.1. The molecule has 2 aromatic carbocycles. The number of ketones is 3. The van der Waals surface area contributed by atoms with Gasteiger partial charge in [0.25, 0.3) is 17.8 Å². The van der Waals surface area contributed by atoms with Gasteiger partial charge in [-0.25, -0.2) is 44.6 Å². The number of anilines is 5. The maximum atomic E-state index is 13.9. The number of oxazole rings is 1. The van der Waals surface area contributed by atoms with Crippen LogP contribution in [-0.4, -0.2) is 214 Å². The van der Waals surface area contributed by atoms with Crippen LogP contribution in [0, 0.1) is 29.6 Å². The number of aliphatic hydroxyl groups excluding tert-OH is 1. The Balaban J connectivity index is 0.470. The highest BCUT2D eigenvalue weighted by atomic mass is 16.5. The molecule has 7 N–H and O–H groups in total. The number of hydrogen-bond acceptors (Lipinski definition) is 27. The highest BCUT2D eigenvalue weighted by Crippen LogP contribution is 2.36. The number of benzene rings is 2. The van der Waals surface area contributed by atoms with E-state index in [9.17, 15) is 38.7 Å². The van der Waals surface area contributed by atoms with E-state index in [0.717, 1.165) is 117 Å². The van der Waals surface area contributed by atoms with Crippen molar-refractivity contribution in [3.05, 3.63) is 161 Å². The summed E-state index contributed by atoms with van der Waals surface area (Å²) in [7, 11) is 1.70. The zero-order chi connectivity index (χ0) is 87.2. The van der Waals surface area contributed by atoms with Crippen LogP contribution in [0.25, 0.3) is 33.4 Å². The maximum absolute atomic E-state index is 13.9. The number of methoxy groups -OCH3 is 1. The molecule has 4 aliphatic heterocycles. The first kappa shape index (κ1) is 90.3. The Bertz CT molecular complexity index is 5090. The minimum Gasteiger partial charge on any atom is -0.424 e. The van der Waals surface area contributed by atoms with Crippen molar-refractivity contribution < 1.29 is 52.6 Å². The highest BCUT2D eigenvalue weighted by molar-refractivity contribution is 6.00. The molecule has 5 aliphatic rings. The molecular formula is C93H120N20O11. The minimum absolute atomic E-state index is 0.0272. The molecule has 8 atom stereocenters. The van der Waals surface area contributed by atoms with Crippen LogP contribution in [0.2, 0.25) is 0 Å². The maximum Gasteiger partial charge on any atom is 0.292 e. The molecule has 31 nitrogen and oxygen atoms in total. The van der Waals surface area contributed by atoms with E-state index in [2.05, 4.69) is 80.5 Å². The number of nitrogens with zero attached hydrogens (tertiary/aromatic N) is 16. The number of hydrogen-bond donors (Lipinski definition) is 5. The van der Waals surface area contributed by atoms with E-state index in [1.807, 2.05) is 90.1 Å². The smallest absolute Gasteiger partial charge is 0.292 e. The summed E-state index contributed by atoms with van der Waals surface area (Å²) in [4.78, 5) is 141. The number of aliphatic hydroxyl groups is 1. The molecule has 13 rings (SSSR count). The van der Waals surface area contributed by atoms with Gasteiger partial charge in [0.1, 0.15) is 47.3 Å². The molecule has 31 heteroatoms. The lowest BCUT2D eigenvalue weighted by Crippen LogP contribution is -2.49. The van der Waals surface area contributed by atoms with E-state index in [0.29, 0.717) is 210 Å². The lowest BCUT2D eigenvalue weighted by atomic mass is 9.80. The van der Waals surface area contributed by atoms with Gasteiger partial charge in [-0.15, -0.1) is 0 Å². The van der Waals surface area contributed by atoms with Crippen LogP contribution in [0.5, 0.6) is 0 Å². The number of allylic oxidation sites excluding steroid dienone is 6. The van der Waals surface area contributed by atoms with Crippen molar-refractivity contribution in [1.29, 1.82) is 0 Å². The van der Waals surface area contributed by atoms with Crippen molar-refractivity contribution in [2.75, 3.05) is 98.7 Å². The van der Waals surface area contributed by atoms with Gasteiger partial charge in [-0.2, -0.15) is 10.1 Å². The number of fused-ring (bicyclic) bond motifs is 3. The molecule has 3 amide bonds. The van der Waals surface area contributed by atoms with Gasteiger partial charge in [-0.3, -0.25) is 28.8 Å². The third-order valence-electron chi connectivity index (χ3n) is 25.2. The number of unbranched alkanes of at least 4 members (excludes halogenated alkanes) is 2. The van der Waals surface area contributed by atoms with Gasteiger partial charge in [0.05, 0.1) is 41.4 Å². The Morgan fingerprint density at radius 1 is 0.702 bits per heavy atom. The van der Waals surface area contributed by atoms with Crippen LogP contribution in [0.1, 0.15) is 193 Å². The SMILES string of the molecule is COC(CC1CCCC(C(=O)CCCCCNC=O)O1)/C(C)=C/C=C/C=C/C(C)CC(C)C(=O)CC(O)/C(C)=C/C(C)C(=O)CC(CC=O)CCC1CCC(NCc2cnc(N3CCN(c4ncc(C(=O)N5CCN(c6ncc(C(=O)N7CCc8cc(Cn9nc(-c%10ccc%11oc(N)nc%11c%10)c%10c(N)ncnc%109)ccc8C7)cn6)CC5)cn4)CC3)nc2)CC1. The van der Waals surface area contributed by atoms with Gasteiger partial charge in [0, 0.05) is 184 Å². The van der Waals surface area contributed by atoms with Gasteiger partial charge in [-0.05, 0) is 155 Å². The van der Waals surface area contributed by atoms with E-state index in [4.69, 9.17) is 40.4 Å². The highest BCUT2D eigenvalue weighted by Gasteiger charge is 2.33. The summed E-state index contributed by atoms with van der Waals surface area (Å²) < 4.78 is 19.4. The van der Waals surface area contributed by atoms with Crippen LogP contribution in [0.3, 0.4) is 0 Å². The fraction of sp³-hybridized carbons (Fsp3) is 0.516. The summed E-state index contributed by atoms with van der Waals surface area (Å²) in [6.07, 6.45) is 37.6. The first-order chi connectivity index (χ1) is 60.1. The number of nitrogens with one attached hydrogen (secondary N) is 2. The number of carbonyl (C=O) groups is 7. The molecule has 10 heterocycles. The van der Waals surface area contributed by atoms with E-state index in [1.54, 1.807) is 55.9 Å². The number of rotatable bonds is 41. The molecule has 8 unspecified atom stereocenters. The monoisotopic (exact) mass is 1690 g/mol. The Morgan fingerprint density at radius 3 is 2.07 bits per heavy atom. The predicted molar refractivity (Wildman–Crippen MR) is 474 cm³/mol. The van der Waals surface area contributed by atoms with Crippen LogP contribution < -0.4 is 36.8 Å². The molecule has 1 aliphatic carbocycles. The molecular weight excluding hydrogens is 1570 g/mol. The van der Waals surface area contributed by atoms with Gasteiger partial charge in [0.15, 0.2) is 17.0 Å². The molecule has 8 aromatic rings. The number of nitrogen functional groups attached to an aromatic ring is 2. The van der Waals surface area contributed by atoms with Crippen molar-refractivity contribution in [3.8, 4) is 11.3 Å². The van der Waals surface area contributed by atoms with E-state index in [1.165, 1.54) is 6.33 Å². The summed E-state index contributed by atoms with van der Waals surface area (Å²) in [5.74, 6) is 1.75. The standard InChI is InChI=1S/C93H120N20O11/c1-60(14-9-7-10-15-61(2)83(122-6)47-75-16-13-18-82(123-75)77(116)17-11-8-12-31-96-59-115)42-62(3)79(118)48-80(119)64(5)43-63(4)78(117)45-66(30-41-114)20-19-65-22-26-74(27-23-65)97-49-68-50-98-91(99-51-68)110-37-39-111(40-38-110)93-100-52-72(53-101-93)88(120)108-33-35-109(36-34-108)92-102-54-73(55-103-92)89(121)112-32-29-69-44-67(21-24-71(69)57-112)56-113-87-84(86(94)104-58-105-87)85(107-113)70-25-28-81-76(46-70)106-90(95)124-81/h7,9-10,14-15,21,24-25,28,41,43-44,46,50-55,58-60,62-63,65-66,74-75,80,82-83,97,119H,8,11-13,16-20,22-23,26-27,29-40,42,45,47-49,56-57H2,1-6H3,(H2,95,106)(H,96,115)(H2,94,104,105)/b10-7+,14-9+,61-15+,64-43+. The number of amides is 3. The van der Waals surface area contributed by atoms with Crippen LogP contribution in [-0.2, 0) is 59.5 Å². The summed E-state index contributed by atoms with van der Waals surface area (Å²) in [6, 6.07) is 12.3. The second kappa shape index (κ2) is 43.8. The normalized spacial score (nSPS) is 19.5. The summed E-state index contributed by atoms with van der Waals surface area (Å²) in [5, 5.41) is 23.2. The number of aldehydes is 1. The Hall–Kier alpha value is -11.4. The van der Waals surface area contributed by atoms with Crippen LogP contribution in [0.15, 0.2) is 132 Å². The van der Waals surface area contributed by atoms with Crippen molar-refractivity contribution in [3.63, 3.8) is 0 Å². The van der Waals surface area contributed by atoms with Gasteiger partial charge in [-0.1, -0.05) is 88.3 Å². The molecule has 6 aromatic heterocycles. The number of aromatic nitrogens is 11. The van der Waals surface area contributed by atoms with Gasteiger partial charge < -0.3 is 70.4 Å². The molecule has 0 radical (unpaired) electrons. The fourth-order valence-corrected chi connectivity index (χ4v) is 17.6. The second-order valence-corrected chi connectivity index (χ2v) is 34.2. The van der Waals surface area contributed by atoms with E-state index in [-0.39, 0.29) is 77.7 Å². The predicted octanol–water partition coefficient (Wildman–Crippen LogP) is 11.1. The molecule has 3 saturated heterocycles. The van der Waals surface area contributed by atoms with Crippen molar-refractivity contribution in [2.45, 2.75) is 207 Å². The number of ether oxygens (including phenoxy) is 2. The molecule has 0 spiro atoms. The number of carbonyl (C=O) groups excluding carboxylic acids is 7. The Morgan fingerprint density at radius 2 is 1.39 bits per heavy atom. The number of Topliss-reactive ketones (excluding diaryl/α,β-unsaturated/α-hetero) is 3. The van der Waals surface area contributed by atoms with Gasteiger partial charge >= 0.3 is 0 Å². The quantitative estimate of drug-likeness (QED) is 0.0103. The zero-order valence-corrected chi connectivity index (χ0v) is 72.4. The lowest BCUT2D eigenvalue weighted by Gasteiger charge is -2.35. The topological polar surface area (TPSA) is 397 Å². The van der Waals surface area contributed by atoms with Crippen molar-refractivity contribution in [1.82, 2.24) is 75.1 Å². The molecule has 4 fully saturated rings. The molecule has 124 heavy (non-hydrogen) atoms.